The molecule has 3 aliphatic rings. The smallest absolute Gasteiger partial charge is 0.244 e. The lowest BCUT2D eigenvalue weighted by atomic mass is 10.1. The van der Waals surface area contributed by atoms with E-state index < -0.39 is 12.1 Å². The molecule has 160 valence electrons. The molecule has 0 aliphatic carbocycles. The van der Waals surface area contributed by atoms with Crippen LogP contribution in [0.4, 0.5) is 5.69 Å². The second kappa shape index (κ2) is 7.72. The SMILES string of the molecule is N#CC1CCCN1C(=O)C(N)CN1CC2C[C@H]1C(=O)N2c1cccc(-c2nn[nH]n2)c1. The maximum atomic E-state index is 13.1. The molecule has 0 saturated carbocycles. The highest BCUT2D eigenvalue weighted by molar-refractivity contribution is 6.01. The first-order chi connectivity index (χ1) is 15.1. The van der Waals surface area contributed by atoms with E-state index in [9.17, 15) is 14.9 Å². The summed E-state index contributed by atoms with van der Waals surface area (Å²) in [5.74, 6) is 0.281. The standard InChI is InChI=1S/C20H23N9O2/c21-9-14-5-2-6-28(14)19(30)16(22)11-27-10-15-8-17(27)20(31)29(15)13-4-1-3-12(7-13)18-23-25-26-24-18/h1,3-4,7,14-17H,2,5-6,8,10-11,22H2,(H,23,24,25,26)/t14?,15?,16?,17-/m0/s1. The number of hydrogen-bond acceptors (Lipinski definition) is 8. The molecule has 4 heterocycles. The number of nitrogens with two attached hydrogens (primary N) is 1. The van der Waals surface area contributed by atoms with Crippen LogP contribution in [0.15, 0.2) is 24.3 Å². The van der Waals surface area contributed by atoms with Gasteiger partial charge in [-0.05, 0) is 36.6 Å². The summed E-state index contributed by atoms with van der Waals surface area (Å²) in [5, 5.41) is 23.2. The second-order valence-corrected chi connectivity index (χ2v) is 8.28. The van der Waals surface area contributed by atoms with Crippen LogP contribution in [0.1, 0.15) is 19.3 Å². The van der Waals surface area contributed by atoms with Crippen molar-refractivity contribution >= 4 is 17.5 Å². The fourth-order valence-electron chi connectivity index (χ4n) is 4.99. The van der Waals surface area contributed by atoms with Crippen molar-refractivity contribution in [2.24, 2.45) is 5.73 Å². The molecular formula is C20H23N9O2. The van der Waals surface area contributed by atoms with Crippen LogP contribution in [0.2, 0.25) is 0 Å². The first-order valence-electron chi connectivity index (χ1n) is 10.4. The minimum Gasteiger partial charge on any atom is -0.325 e. The predicted octanol–water partition coefficient (Wildman–Crippen LogP) is -0.502. The number of H-pyrrole nitrogens is 1. The lowest BCUT2D eigenvalue weighted by Crippen LogP contribution is -2.56. The van der Waals surface area contributed by atoms with E-state index in [0.717, 1.165) is 17.7 Å². The number of likely N-dealkylation sites (tertiary alicyclic amines) is 2. The molecule has 11 heteroatoms. The number of carbonyl (C=O) groups is 2. The number of nitrogens with zero attached hydrogens (tertiary/aromatic N) is 7. The number of rotatable bonds is 5. The van der Waals surface area contributed by atoms with Crippen molar-refractivity contribution in [2.75, 3.05) is 24.5 Å². The third-order valence-electron chi connectivity index (χ3n) is 6.43. The Hall–Kier alpha value is -3.36. The normalized spacial score (nSPS) is 26.5. The van der Waals surface area contributed by atoms with Crippen LogP contribution >= 0.6 is 0 Å². The van der Waals surface area contributed by atoms with E-state index in [0.29, 0.717) is 38.3 Å². The van der Waals surface area contributed by atoms with Crippen LogP contribution in [-0.4, -0.2) is 86.0 Å². The summed E-state index contributed by atoms with van der Waals surface area (Å²) < 4.78 is 0. The van der Waals surface area contributed by atoms with Crippen molar-refractivity contribution in [1.29, 1.82) is 5.26 Å². The number of nitriles is 1. The Morgan fingerprint density at radius 3 is 3.03 bits per heavy atom. The third kappa shape index (κ3) is 3.34. The topological polar surface area (TPSA) is 148 Å². The number of aromatic nitrogens is 4. The van der Waals surface area contributed by atoms with Gasteiger partial charge in [-0.25, -0.2) is 0 Å². The lowest BCUT2D eigenvalue weighted by Gasteiger charge is -2.35. The van der Waals surface area contributed by atoms with Crippen molar-refractivity contribution in [1.82, 2.24) is 30.4 Å². The molecule has 0 spiro atoms. The van der Waals surface area contributed by atoms with Gasteiger partial charge in [0.05, 0.1) is 24.2 Å². The molecule has 3 aliphatic heterocycles. The molecule has 3 unspecified atom stereocenters. The fourth-order valence-corrected chi connectivity index (χ4v) is 4.99. The summed E-state index contributed by atoms with van der Waals surface area (Å²) in [4.78, 5) is 31.3. The predicted molar refractivity (Wildman–Crippen MR) is 109 cm³/mol. The Morgan fingerprint density at radius 1 is 1.42 bits per heavy atom. The minimum atomic E-state index is -0.740. The first-order valence-corrected chi connectivity index (χ1v) is 10.4. The van der Waals surface area contributed by atoms with Crippen LogP contribution in [0, 0.1) is 11.3 Å². The van der Waals surface area contributed by atoms with E-state index in [4.69, 9.17) is 5.73 Å². The quantitative estimate of drug-likeness (QED) is 0.656. The summed E-state index contributed by atoms with van der Waals surface area (Å²) in [5.41, 5.74) is 7.78. The molecule has 3 saturated heterocycles. The number of tetrazole rings is 1. The summed E-state index contributed by atoms with van der Waals surface area (Å²) in [6.07, 6.45) is 2.22. The zero-order valence-electron chi connectivity index (χ0n) is 16.9. The average molecular weight is 421 g/mol. The maximum Gasteiger partial charge on any atom is 0.244 e. The van der Waals surface area contributed by atoms with Crippen molar-refractivity contribution in [2.45, 2.75) is 43.4 Å². The molecule has 3 fully saturated rings. The number of amides is 2. The molecule has 0 radical (unpaired) electrons. The number of hydrogen-bond donors (Lipinski definition) is 2. The highest BCUT2D eigenvalue weighted by Gasteiger charge is 2.50. The Balaban J connectivity index is 1.27. The van der Waals surface area contributed by atoms with E-state index in [1.54, 1.807) is 4.90 Å². The van der Waals surface area contributed by atoms with Crippen LogP contribution in [0.3, 0.4) is 0 Å². The van der Waals surface area contributed by atoms with Gasteiger partial charge in [0.25, 0.3) is 0 Å². The molecule has 2 bridgehead atoms. The number of carbonyl (C=O) groups excluding carboxylic acids is 2. The van der Waals surface area contributed by atoms with E-state index in [2.05, 4.69) is 26.7 Å². The minimum absolute atomic E-state index is 0.0113. The molecule has 1 aromatic heterocycles. The largest absolute Gasteiger partial charge is 0.325 e. The highest BCUT2D eigenvalue weighted by Crippen LogP contribution is 2.36. The first kappa shape index (κ1) is 19.6. The van der Waals surface area contributed by atoms with Gasteiger partial charge in [-0.1, -0.05) is 12.1 Å². The fraction of sp³-hybridized carbons (Fsp3) is 0.500. The van der Waals surface area contributed by atoms with Gasteiger partial charge in [0.15, 0.2) is 0 Å². The van der Waals surface area contributed by atoms with Gasteiger partial charge >= 0.3 is 0 Å². The van der Waals surface area contributed by atoms with Crippen LogP contribution in [-0.2, 0) is 9.59 Å². The maximum absolute atomic E-state index is 13.1. The lowest BCUT2D eigenvalue weighted by molar-refractivity contribution is -0.134. The van der Waals surface area contributed by atoms with E-state index in [1.807, 2.05) is 34.1 Å². The number of anilines is 1. The van der Waals surface area contributed by atoms with Gasteiger partial charge in [-0.2, -0.15) is 10.5 Å². The Bertz CT molecular complexity index is 1030. The molecule has 4 atom stereocenters. The van der Waals surface area contributed by atoms with Crippen molar-refractivity contribution in [3.05, 3.63) is 24.3 Å². The number of fused-ring (bicyclic) bond motifs is 2. The molecule has 3 N–H and O–H groups in total. The number of piperazine rings is 1. The third-order valence-corrected chi connectivity index (χ3v) is 6.43. The van der Waals surface area contributed by atoms with Crippen LogP contribution in [0.5, 0.6) is 0 Å². The van der Waals surface area contributed by atoms with Crippen molar-refractivity contribution < 1.29 is 9.59 Å². The molecular weight excluding hydrogens is 398 g/mol. The van der Waals surface area contributed by atoms with Gasteiger partial charge in [0, 0.05) is 30.9 Å². The summed E-state index contributed by atoms with van der Waals surface area (Å²) in [7, 11) is 0. The molecule has 5 rings (SSSR count). The Morgan fingerprint density at radius 2 is 2.29 bits per heavy atom. The summed E-state index contributed by atoms with van der Waals surface area (Å²) >= 11 is 0. The number of nitrogens with one attached hydrogen (secondary N) is 1. The Labute approximate surface area is 178 Å². The van der Waals surface area contributed by atoms with Crippen molar-refractivity contribution in [3.8, 4) is 17.5 Å². The van der Waals surface area contributed by atoms with E-state index in [1.165, 1.54) is 0 Å². The van der Waals surface area contributed by atoms with Crippen molar-refractivity contribution in [3.63, 3.8) is 0 Å². The van der Waals surface area contributed by atoms with Crippen LogP contribution < -0.4 is 10.6 Å². The summed E-state index contributed by atoms with van der Waals surface area (Å²) in [6, 6.07) is 8.31. The summed E-state index contributed by atoms with van der Waals surface area (Å²) in [6.45, 7) is 1.54. The monoisotopic (exact) mass is 421 g/mol. The Kier molecular flexibility index (Phi) is 4.88. The van der Waals surface area contributed by atoms with E-state index >= 15 is 0 Å². The van der Waals surface area contributed by atoms with Gasteiger partial charge < -0.3 is 15.5 Å². The van der Waals surface area contributed by atoms with Gasteiger partial charge in [0.2, 0.25) is 17.6 Å². The average Bonchev–Trinajstić information content (AvgIpc) is 3.57. The molecule has 11 nitrogen and oxygen atoms in total. The molecule has 2 aromatic rings. The van der Waals surface area contributed by atoms with Gasteiger partial charge in [0.1, 0.15) is 6.04 Å². The van der Waals surface area contributed by atoms with Crippen LogP contribution in [0.25, 0.3) is 11.4 Å². The molecule has 1 aromatic carbocycles. The molecule has 2 amide bonds. The molecule has 31 heavy (non-hydrogen) atoms. The zero-order valence-corrected chi connectivity index (χ0v) is 16.9. The van der Waals surface area contributed by atoms with Gasteiger partial charge in [-0.15, -0.1) is 10.2 Å². The zero-order chi connectivity index (χ0) is 21.5. The van der Waals surface area contributed by atoms with E-state index in [-0.39, 0.29) is 23.9 Å². The number of benzene rings is 1. The number of aromatic amines is 1. The van der Waals surface area contributed by atoms with Gasteiger partial charge in [-0.3, -0.25) is 14.5 Å². The second-order valence-electron chi connectivity index (χ2n) is 8.28. The highest BCUT2D eigenvalue weighted by atomic mass is 16.2.